The van der Waals surface area contributed by atoms with E-state index in [0.717, 1.165) is 10.6 Å². The Morgan fingerprint density at radius 1 is 1.10 bits per heavy atom. The van der Waals surface area contributed by atoms with Crippen molar-refractivity contribution in [3.8, 4) is 0 Å². The first-order valence-electron chi connectivity index (χ1n) is 2.52. The average Bonchev–Trinajstić information content (AvgIpc) is 1.77. The van der Waals surface area contributed by atoms with Crippen LogP contribution in [-0.2, 0) is 0 Å². The molecule has 1 heteroatoms. The van der Waals surface area contributed by atoms with E-state index in [0.29, 0.717) is 0 Å². The minimum atomic E-state index is 0. The van der Waals surface area contributed by atoms with Crippen molar-refractivity contribution < 1.29 is 0 Å². The highest BCUT2D eigenvalue weighted by molar-refractivity contribution is 6.31. The van der Waals surface area contributed by atoms with Crippen LogP contribution in [0.3, 0.4) is 0 Å². The van der Waals surface area contributed by atoms with E-state index in [1.165, 1.54) is 0 Å². The van der Waals surface area contributed by atoms with Crippen molar-refractivity contribution in [3.05, 3.63) is 34.9 Å². The summed E-state index contributed by atoms with van der Waals surface area (Å²) in [6, 6.07) is 7.77. The predicted octanol–water partition coefficient (Wildman–Crippen LogP) is 3.92. The van der Waals surface area contributed by atoms with Crippen LogP contribution in [0.5, 0.6) is 0 Å². The lowest BCUT2D eigenvalue weighted by Crippen LogP contribution is -1.68. The largest absolute Gasteiger partial charge is 0.0841 e. The van der Waals surface area contributed by atoms with E-state index in [1.54, 1.807) is 0 Å². The Labute approximate surface area is 68.8 Å². The maximum Gasteiger partial charge on any atom is 0.0435 e. The van der Waals surface area contributed by atoms with Crippen LogP contribution in [0.25, 0.3) is 0 Å². The summed E-state index contributed by atoms with van der Waals surface area (Å²) in [6.07, 6.45) is 0. The van der Waals surface area contributed by atoms with Gasteiger partial charge < -0.3 is 0 Å². The molecule has 0 amide bonds. The SMILES string of the molecule is C.C.Cc1ccccc1Cl. The van der Waals surface area contributed by atoms with Gasteiger partial charge in [0.2, 0.25) is 0 Å². The molecule has 1 aromatic rings. The molecular weight excluding hydrogens is 144 g/mol. The number of hydrogen-bond acceptors (Lipinski definition) is 0. The summed E-state index contributed by atoms with van der Waals surface area (Å²) in [7, 11) is 0. The van der Waals surface area contributed by atoms with Crippen LogP contribution < -0.4 is 0 Å². The van der Waals surface area contributed by atoms with E-state index < -0.39 is 0 Å². The van der Waals surface area contributed by atoms with E-state index >= 15 is 0 Å². The number of rotatable bonds is 0. The third-order valence-electron chi connectivity index (χ3n) is 1.08. The Hall–Kier alpha value is -0.490. The van der Waals surface area contributed by atoms with Crippen molar-refractivity contribution in [1.29, 1.82) is 0 Å². The molecule has 0 N–H and O–H groups in total. The molecule has 0 saturated carbocycles. The predicted molar refractivity (Wildman–Crippen MR) is 49.7 cm³/mol. The summed E-state index contributed by atoms with van der Waals surface area (Å²) in [5.74, 6) is 0. The zero-order valence-electron chi connectivity index (χ0n) is 4.69. The summed E-state index contributed by atoms with van der Waals surface area (Å²) in [5.41, 5.74) is 1.13. The van der Waals surface area contributed by atoms with E-state index in [9.17, 15) is 0 Å². The van der Waals surface area contributed by atoms with Crippen molar-refractivity contribution in [2.24, 2.45) is 0 Å². The summed E-state index contributed by atoms with van der Waals surface area (Å²) in [5, 5.41) is 0.840. The Morgan fingerprint density at radius 2 is 1.60 bits per heavy atom. The van der Waals surface area contributed by atoms with Crippen molar-refractivity contribution in [3.63, 3.8) is 0 Å². The molecule has 0 aliphatic heterocycles. The van der Waals surface area contributed by atoms with Crippen LogP contribution in [0, 0.1) is 6.92 Å². The molecule has 1 aromatic carbocycles. The lowest BCUT2D eigenvalue weighted by Gasteiger charge is -1.90. The molecule has 0 aliphatic rings. The Morgan fingerprint density at radius 3 is 1.90 bits per heavy atom. The van der Waals surface area contributed by atoms with Gasteiger partial charge in [-0.3, -0.25) is 0 Å². The van der Waals surface area contributed by atoms with E-state index in [-0.39, 0.29) is 14.9 Å². The fraction of sp³-hybridized carbons (Fsp3) is 0.333. The molecule has 0 atom stereocenters. The maximum atomic E-state index is 5.71. The molecule has 0 radical (unpaired) electrons. The highest BCUT2D eigenvalue weighted by atomic mass is 35.5. The summed E-state index contributed by atoms with van der Waals surface area (Å²) >= 11 is 5.71. The van der Waals surface area contributed by atoms with Crippen molar-refractivity contribution in [2.75, 3.05) is 0 Å². The third kappa shape index (κ3) is 2.88. The smallest absolute Gasteiger partial charge is 0.0435 e. The van der Waals surface area contributed by atoms with Crippen molar-refractivity contribution in [2.45, 2.75) is 21.8 Å². The van der Waals surface area contributed by atoms with Gasteiger partial charge in [-0.1, -0.05) is 44.7 Å². The van der Waals surface area contributed by atoms with E-state index in [2.05, 4.69) is 0 Å². The van der Waals surface area contributed by atoms with Gasteiger partial charge in [-0.2, -0.15) is 0 Å². The number of halogens is 1. The average molecular weight is 159 g/mol. The Balaban J connectivity index is 0. The molecule has 0 spiro atoms. The zero-order valence-corrected chi connectivity index (χ0v) is 5.44. The van der Waals surface area contributed by atoms with Crippen molar-refractivity contribution in [1.82, 2.24) is 0 Å². The molecular formula is C9H15Cl. The second kappa shape index (κ2) is 5.31. The second-order valence-electron chi connectivity index (χ2n) is 1.75. The van der Waals surface area contributed by atoms with Crippen LogP contribution in [0.2, 0.25) is 5.02 Å². The fourth-order valence-corrected chi connectivity index (χ4v) is 0.687. The molecule has 0 bridgehead atoms. The minimum absolute atomic E-state index is 0. The minimum Gasteiger partial charge on any atom is -0.0841 e. The molecule has 0 unspecified atom stereocenters. The highest BCUT2D eigenvalue weighted by Gasteiger charge is 1.86. The zero-order chi connectivity index (χ0) is 5.98. The van der Waals surface area contributed by atoms with E-state index in [1.807, 2.05) is 31.2 Å². The lowest BCUT2D eigenvalue weighted by molar-refractivity contribution is 1.47. The summed E-state index contributed by atoms with van der Waals surface area (Å²) in [4.78, 5) is 0. The molecule has 0 heterocycles. The molecule has 10 heavy (non-hydrogen) atoms. The van der Waals surface area contributed by atoms with Crippen LogP contribution in [0.15, 0.2) is 24.3 Å². The van der Waals surface area contributed by atoms with Crippen LogP contribution >= 0.6 is 11.6 Å². The van der Waals surface area contributed by atoms with Crippen LogP contribution in [-0.4, -0.2) is 0 Å². The van der Waals surface area contributed by atoms with Gasteiger partial charge in [0.25, 0.3) is 0 Å². The number of hydrogen-bond donors (Lipinski definition) is 0. The normalized spacial score (nSPS) is 7.40. The first-order valence-corrected chi connectivity index (χ1v) is 2.89. The van der Waals surface area contributed by atoms with Crippen LogP contribution in [0.4, 0.5) is 0 Å². The first-order chi connectivity index (χ1) is 3.80. The summed E-state index contributed by atoms with van der Waals surface area (Å²) < 4.78 is 0. The highest BCUT2D eigenvalue weighted by Crippen LogP contribution is 2.11. The first kappa shape index (κ1) is 12.2. The van der Waals surface area contributed by atoms with Crippen LogP contribution in [0.1, 0.15) is 20.4 Å². The second-order valence-corrected chi connectivity index (χ2v) is 2.16. The maximum absolute atomic E-state index is 5.71. The number of benzene rings is 1. The van der Waals surface area contributed by atoms with Gasteiger partial charge in [-0.15, -0.1) is 0 Å². The molecule has 58 valence electrons. The van der Waals surface area contributed by atoms with E-state index in [4.69, 9.17) is 11.6 Å². The van der Waals surface area contributed by atoms with Gasteiger partial charge in [-0.05, 0) is 18.6 Å². The van der Waals surface area contributed by atoms with Gasteiger partial charge in [0, 0.05) is 5.02 Å². The standard InChI is InChI=1S/C7H7Cl.2CH4/c1-6-4-2-3-5-7(6)8;;/h2-5H,1H3;2*1H4. The molecule has 1 rings (SSSR count). The van der Waals surface area contributed by atoms with Gasteiger partial charge >= 0.3 is 0 Å². The third-order valence-corrected chi connectivity index (χ3v) is 1.50. The van der Waals surface area contributed by atoms with Gasteiger partial charge in [-0.25, -0.2) is 0 Å². The van der Waals surface area contributed by atoms with Gasteiger partial charge in [0.05, 0.1) is 0 Å². The number of aryl methyl sites for hydroxylation is 1. The van der Waals surface area contributed by atoms with Gasteiger partial charge in [0.15, 0.2) is 0 Å². The molecule has 0 fully saturated rings. The quantitative estimate of drug-likeness (QED) is 0.537. The monoisotopic (exact) mass is 158 g/mol. The Kier molecular flexibility index (Phi) is 6.48. The molecule has 0 saturated heterocycles. The molecule has 0 nitrogen and oxygen atoms in total. The van der Waals surface area contributed by atoms with Gasteiger partial charge in [0.1, 0.15) is 0 Å². The lowest BCUT2D eigenvalue weighted by atomic mass is 10.2. The van der Waals surface area contributed by atoms with Crippen molar-refractivity contribution >= 4 is 11.6 Å². The summed E-state index contributed by atoms with van der Waals surface area (Å²) in [6.45, 7) is 1.99. The fourth-order valence-electron chi connectivity index (χ4n) is 0.551. The topological polar surface area (TPSA) is 0 Å². The Bertz CT molecular complexity index is 161. The molecule has 0 aliphatic carbocycles. The molecule has 0 aromatic heterocycles.